The summed E-state index contributed by atoms with van der Waals surface area (Å²) in [4.78, 5) is 8.02. The van der Waals surface area contributed by atoms with Crippen molar-refractivity contribution in [1.29, 1.82) is 0 Å². The molecule has 70 heavy (non-hydrogen) atoms. The minimum absolute atomic E-state index is 0.567. The van der Waals surface area contributed by atoms with Crippen LogP contribution in [-0.2, 0) is 10.8 Å². The Balaban J connectivity index is 1.07. The highest BCUT2D eigenvalue weighted by atomic mass is 32.1. The zero-order chi connectivity index (χ0) is 46.9. The van der Waals surface area contributed by atoms with Gasteiger partial charge in [-0.15, -0.1) is 45.3 Å². The summed E-state index contributed by atoms with van der Waals surface area (Å²) in [6, 6.07) is 79.4. The Morgan fingerprint density at radius 2 is 0.629 bits per heavy atom. The van der Waals surface area contributed by atoms with E-state index in [1.54, 1.807) is 0 Å². The first kappa shape index (κ1) is 42.0. The van der Waals surface area contributed by atoms with Crippen LogP contribution in [0.2, 0.25) is 0 Å². The van der Waals surface area contributed by atoms with Crippen LogP contribution in [0.1, 0.15) is 66.8 Å². The molecule has 0 aliphatic heterocycles. The van der Waals surface area contributed by atoms with Crippen molar-refractivity contribution in [3.05, 3.63) is 273 Å². The zero-order valence-corrected chi connectivity index (χ0v) is 42.5. The molecular weight excluding hydrogens is 921 g/mol. The van der Waals surface area contributed by atoms with E-state index in [0.29, 0.717) is 0 Å². The summed E-state index contributed by atoms with van der Waals surface area (Å²) in [6.45, 7) is 8.83. The highest BCUT2D eigenvalue weighted by Crippen LogP contribution is 2.66. The van der Waals surface area contributed by atoms with E-state index in [0.717, 1.165) is 0 Å². The first-order valence-electron chi connectivity index (χ1n) is 24.1. The number of hydrogen-bond acceptors (Lipinski definition) is 4. The van der Waals surface area contributed by atoms with Gasteiger partial charge in [-0.05, 0) is 129 Å². The second-order valence-electron chi connectivity index (χ2n) is 19.4. The maximum absolute atomic E-state index is 2.57. The highest BCUT2D eigenvalue weighted by Gasteiger charge is 2.52. The third kappa shape index (κ3) is 6.04. The van der Waals surface area contributed by atoms with Gasteiger partial charge in [-0.3, -0.25) is 0 Å². The molecule has 0 bridgehead atoms. The largest absolute Gasteiger partial charge is 0.135 e. The summed E-state index contributed by atoms with van der Waals surface area (Å²) in [5, 5.41) is 2.63. The highest BCUT2D eigenvalue weighted by molar-refractivity contribution is 7.32. The second kappa shape index (κ2) is 15.8. The van der Waals surface area contributed by atoms with Gasteiger partial charge in [-0.2, -0.15) is 0 Å². The molecule has 4 heteroatoms. The van der Waals surface area contributed by atoms with Crippen LogP contribution in [0.15, 0.2) is 206 Å². The lowest BCUT2D eigenvalue weighted by Gasteiger charge is -2.36. The quantitative estimate of drug-likeness (QED) is 0.149. The third-order valence-corrected chi connectivity index (χ3v) is 20.1. The van der Waals surface area contributed by atoms with Crippen molar-refractivity contribution in [2.75, 3.05) is 0 Å². The van der Waals surface area contributed by atoms with E-state index in [4.69, 9.17) is 0 Å². The number of hydrogen-bond donors (Lipinski definition) is 0. The summed E-state index contributed by atoms with van der Waals surface area (Å²) in [6.07, 6.45) is 0. The number of thiophene rings is 4. The van der Waals surface area contributed by atoms with Gasteiger partial charge in [0.05, 0.1) is 10.8 Å². The van der Waals surface area contributed by atoms with Crippen molar-refractivity contribution in [2.24, 2.45) is 0 Å². The third-order valence-electron chi connectivity index (χ3n) is 15.2. The summed E-state index contributed by atoms with van der Waals surface area (Å²) >= 11 is 7.74. The molecule has 0 unspecified atom stereocenters. The first-order valence-corrected chi connectivity index (χ1v) is 27.4. The van der Waals surface area contributed by atoms with E-state index in [1.165, 1.54) is 138 Å². The van der Waals surface area contributed by atoms with E-state index in [-0.39, 0.29) is 0 Å². The Kier molecular flexibility index (Phi) is 9.48. The van der Waals surface area contributed by atoms with E-state index in [1.807, 2.05) is 45.3 Å². The fourth-order valence-corrected chi connectivity index (χ4v) is 16.9. The summed E-state index contributed by atoms with van der Waals surface area (Å²) < 4.78 is 2.71. The fraction of sp³-hybridized carbons (Fsp3) is 0.0909. The topological polar surface area (TPSA) is 0 Å². The monoisotopic (exact) mass is 966 g/mol. The first-order chi connectivity index (χ1) is 34.3. The molecule has 12 aromatic rings. The van der Waals surface area contributed by atoms with Crippen molar-refractivity contribution < 1.29 is 0 Å². The molecule has 4 aromatic heterocycles. The maximum Gasteiger partial charge on any atom is 0.0728 e. The van der Waals surface area contributed by atoms with Gasteiger partial charge in [-0.25, -0.2) is 0 Å². The molecule has 8 aromatic carbocycles. The Bertz CT molecular complexity index is 3870. The van der Waals surface area contributed by atoms with Crippen molar-refractivity contribution in [1.82, 2.24) is 0 Å². The van der Waals surface area contributed by atoms with Crippen molar-refractivity contribution in [3.8, 4) is 51.5 Å². The van der Waals surface area contributed by atoms with E-state index in [9.17, 15) is 0 Å². The Labute approximate surface area is 425 Å². The van der Waals surface area contributed by atoms with Gasteiger partial charge in [-0.1, -0.05) is 204 Å². The van der Waals surface area contributed by atoms with E-state index < -0.39 is 10.8 Å². The molecule has 0 radical (unpaired) electrons. The van der Waals surface area contributed by atoms with Crippen LogP contribution in [0.5, 0.6) is 0 Å². The Hall–Kier alpha value is -6.92. The van der Waals surface area contributed by atoms with E-state index >= 15 is 0 Å². The molecule has 0 saturated heterocycles. The second-order valence-corrected chi connectivity index (χ2v) is 23.7. The average molecular weight is 967 g/mol. The van der Waals surface area contributed by atoms with Crippen molar-refractivity contribution in [2.45, 2.75) is 38.5 Å². The molecular formula is C66H46S4. The molecule has 0 fully saturated rings. The fourth-order valence-electron chi connectivity index (χ4n) is 11.9. The number of fused-ring (bicyclic) bond motifs is 10. The van der Waals surface area contributed by atoms with Gasteiger partial charge in [0.25, 0.3) is 0 Å². The molecule has 0 atom stereocenters. The molecule has 0 amide bonds. The standard InChI is InChI=1S/C66H46S4/c1-39-15-23-45(24-16-39)65(46-25-17-40(2)18-26-46)53-35-55(43-11-7-5-8-12-43)69-63(53)51-33-31-50-49(61(51)65)32-34-52-62(50)66(47-27-19-41(3)20-28-47,48-29-21-42(4)22-30-48)54-36-57(70-64(52)54)59-38-60-58(68-59)37-56(67-60)44-13-9-6-10-14-44/h5-38H,1-4H3. The van der Waals surface area contributed by atoms with Crippen LogP contribution in [-0.4, -0.2) is 0 Å². The lowest BCUT2D eigenvalue weighted by Crippen LogP contribution is -2.30. The number of rotatable bonds is 7. The average Bonchev–Trinajstić information content (AvgIpc) is 4.25. The molecule has 14 rings (SSSR count). The molecule has 334 valence electrons. The molecule has 0 N–H and O–H groups in total. The predicted octanol–water partition coefficient (Wildman–Crippen LogP) is 19.2. The molecule has 4 heterocycles. The Morgan fingerprint density at radius 1 is 0.300 bits per heavy atom. The lowest BCUT2D eigenvalue weighted by molar-refractivity contribution is 0.771. The van der Waals surface area contributed by atoms with Crippen molar-refractivity contribution >= 4 is 65.5 Å². The molecule has 2 aliphatic carbocycles. The smallest absolute Gasteiger partial charge is 0.0728 e. The van der Waals surface area contributed by atoms with Gasteiger partial charge in [0.2, 0.25) is 0 Å². The lowest BCUT2D eigenvalue weighted by atomic mass is 9.64. The zero-order valence-electron chi connectivity index (χ0n) is 39.3. The SMILES string of the molecule is Cc1ccc(C2(c3ccc(C)cc3)c3cc(-c4ccccc4)sc3-c3ccc4c5c(ccc4c32)-c2sc(-c3cc4sc(-c6ccccc6)cc4s3)cc2C5(c2ccc(C)cc2)c2ccc(C)cc2)cc1. The number of benzene rings is 8. The van der Waals surface area contributed by atoms with Crippen LogP contribution in [0.25, 0.3) is 71.7 Å². The predicted molar refractivity (Wildman–Crippen MR) is 303 cm³/mol. The van der Waals surface area contributed by atoms with Crippen LogP contribution in [0.4, 0.5) is 0 Å². The maximum atomic E-state index is 2.57. The minimum Gasteiger partial charge on any atom is -0.135 e. The minimum atomic E-state index is -0.579. The van der Waals surface area contributed by atoms with Gasteiger partial charge in [0.15, 0.2) is 0 Å². The van der Waals surface area contributed by atoms with Crippen LogP contribution < -0.4 is 0 Å². The van der Waals surface area contributed by atoms with Gasteiger partial charge >= 0.3 is 0 Å². The summed E-state index contributed by atoms with van der Waals surface area (Å²) in [5.74, 6) is 0. The molecule has 0 saturated carbocycles. The molecule has 0 nitrogen and oxygen atoms in total. The molecule has 0 spiro atoms. The van der Waals surface area contributed by atoms with E-state index in [2.05, 4.69) is 234 Å². The summed E-state index contributed by atoms with van der Waals surface area (Å²) in [5.41, 5.74) is 19.8. The summed E-state index contributed by atoms with van der Waals surface area (Å²) in [7, 11) is 0. The normalized spacial score (nSPS) is 13.9. The van der Waals surface area contributed by atoms with Crippen LogP contribution in [0, 0.1) is 27.7 Å². The number of aryl methyl sites for hydroxylation is 4. The molecule has 2 aliphatic rings. The van der Waals surface area contributed by atoms with Crippen LogP contribution >= 0.6 is 45.3 Å². The van der Waals surface area contributed by atoms with Gasteiger partial charge < -0.3 is 0 Å². The van der Waals surface area contributed by atoms with Crippen LogP contribution in [0.3, 0.4) is 0 Å². The van der Waals surface area contributed by atoms with Gasteiger partial charge in [0, 0.05) is 38.7 Å². The van der Waals surface area contributed by atoms with Crippen molar-refractivity contribution in [3.63, 3.8) is 0 Å². The van der Waals surface area contributed by atoms with Gasteiger partial charge in [0.1, 0.15) is 0 Å². The Morgan fingerprint density at radius 3 is 1.04 bits per heavy atom.